The number of aliphatic hydroxyl groups excluding tert-OH is 1. The van der Waals surface area contributed by atoms with Gasteiger partial charge < -0.3 is 26.2 Å². The van der Waals surface area contributed by atoms with Gasteiger partial charge in [-0.3, -0.25) is 4.98 Å². The molecule has 0 radical (unpaired) electrons. The fourth-order valence-corrected chi connectivity index (χ4v) is 7.14. The van der Waals surface area contributed by atoms with E-state index in [9.17, 15) is 31.1 Å². The lowest BCUT2D eigenvalue weighted by Gasteiger charge is -2.44. The largest absolute Gasteiger partial charge is 0.494 e. The Balaban J connectivity index is 1.69. The molecule has 40 heavy (non-hydrogen) atoms. The zero-order valence-corrected chi connectivity index (χ0v) is 22.4. The minimum absolute atomic E-state index is 0.0188. The molecule has 0 amide bonds. The van der Waals surface area contributed by atoms with Crippen molar-refractivity contribution < 1.29 is 35.8 Å². The predicted molar refractivity (Wildman–Crippen MR) is 139 cm³/mol. The molecular formula is C23H23F4N7O4S2. The van der Waals surface area contributed by atoms with Crippen molar-refractivity contribution in [3.63, 3.8) is 0 Å². The summed E-state index contributed by atoms with van der Waals surface area (Å²) in [6.45, 7) is -0.142. The predicted octanol–water partition coefficient (Wildman–Crippen LogP) is 2.58. The van der Waals surface area contributed by atoms with Crippen LogP contribution >= 0.6 is 11.5 Å². The van der Waals surface area contributed by atoms with Gasteiger partial charge in [0.15, 0.2) is 22.2 Å². The van der Waals surface area contributed by atoms with Crippen LogP contribution in [0.15, 0.2) is 35.6 Å². The average Bonchev–Trinajstić information content (AvgIpc) is 3.52. The molecule has 0 spiro atoms. The molecule has 0 unspecified atom stereocenters. The Morgan fingerprint density at radius 1 is 1.20 bits per heavy atom. The number of imidazole rings is 1. The highest BCUT2D eigenvalue weighted by Crippen LogP contribution is 2.37. The lowest BCUT2D eigenvalue weighted by molar-refractivity contribution is -0.0529. The molecule has 0 bridgehead atoms. The monoisotopic (exact) mass is 601 g/mol. The number of pyridine rings is 1. The number of ether oxygens (including phenoxy) is 1. The third kappa shape index (κ3) is 4.61. The average molecular weight is 602 g/mol. The Bertz CT molecular complexity index is 1700. The Hall–Kier alpha value is -3.54. The third-order valence-corrected chi connectivity index (χ3v) is 9.44. The lowest BCUT2D eigenvalue weighted by Crippen LogP contribution is -2.63. The highest BCUT2D eigenvalue weighted by Gasteiger charge is 2.44. The van der Waals surface area contributed by atoms with E-state index >= 15 is 0 Å². The summed E-state index contributed by atoms with van der Waals surface area (Å²) in [6, 6.07) is 2.66. The molecule has 0 saturated carbocycles. The molecule has 1 aromatic carbocycles. The minimum Gasteiger partial charge on any atom is -0.494 e. The van der Waals surface area contributed by atoms with Gasteiger partial charge in [-0.05, 0) is 36.5 Å². The van der Waals surface area contributed by atoms with E-state index < -0.39 is 44.6 Å². The number of anilines is 2. The second-order valence-corrected chi connectivity index (χ2v) is 11.8. The van der Waals surface area contributed by atoms with Gasteiger partial charge in [-0.1, -0.05) is 0 Å². The van der Waals surface area contributed by atoms with E-state index in [0.717, 1.165) is 53.3 Å². The molecule has 3 aromatic heterocycles. The van der Waals surface area contributed by atoms with Crippen LogP contribution in [0, 0.1) is 11.6 Å². The first-order chi connectivity index (χ1) is 18.9. The molecule has 5 N–H and O–H groups in total. The van der Waals surface area contributed by atoms with Crippen molar-refractivity contribution in [2.45, 2.75) is 35.8 Å². The molecule has 1 aliphatic heterocycles. The fourth-order valence-electron chi connectivity index (χ4n) is 4.71. The normalized spacial score (nSPS) is 18.9. The number of hydrogen-bond donors (Lipinski definition) is 3. The number of nitrogen functional groups attached to an aromatic ring is 1. The first-order valence-electron chi connectivity index (χ1n) is 11.7. The van der Waals surface area contributed by atoms with Gasteiger partial charge in [0.05, 0.1) is 30.2 Å². The van der Waals surface area contributed by atoms with Crippen LogP contribution < -0.4 is 21.1 Å². The van der Waals surface area contributed by atoms with E-state index in [1.807, 2.05) is 0 Å². The highest BCUT2D eigenvalue weighted by molar-refractivity contribution is 7.90. The van der Waals surface area contributed by atoms with Gasteiger partial charge in [0, 0.05) is 24.7 Å². The Kier molecular flexibility index (Phi) is 7.10. The van der Waals surface area contributed by atoms with Gasteiger partial charge in [-0.15, -0.1) is 0 Å². The molecule has 1 fully saturated rings. The molecular weight excluding hydrogens is 578 g/mol. The first kappa shape index (κ1) is 28.0. The maximum absolute atomic E-state index is 14.9. The number of methoxy groups -OCH3 is 1. The van der Waals surface area contributed by atoms with Crippen molar-refractivity contribution in [2.75, 3.05) is 30.8 Å². The number of nitrogens with two attached hydrogens (primary N) is 2. The molecule has 5 rings (SSSR count). The smallest absolute Gasteiger partial charge is 0.272 e. The second-order valence-electron chi connectivity index (χ2n) is 9.31. The van der Waals surface area contributed by atoms with Crippen molar-refractivity contribution in [1.29, 1.82) is 0 Å². The molecule has 4 heterocycles. The zero-order chi connectivity index (χ0) is 29.0. The van der Waals surface area contributed by atoms with Crippen LogP contribution in [-0.4, -0.2) is 70.1 Å². The van der Waals surface area contributed by atoms with Crippen LogP contribution in [0.3, 0.4) is 0 Å². The van der Waals surface area contributed by atoms with Gasteiger partial charge >= 0.3 is 0 Å². The van der Waals surface area contributed by atoms with Gasteiger partial charge in [0.1, 0.15) is 28.7 Å². The number of fused-ring (bicyclic) bond motifs is 1. The molecule has 214 valence electrons. The zero-order valence-electron chi connectivity index (χ0n) is 20.8. The molecule has 2 atom stereocenters. The number of benzene rings is 1. The number of aromatic nitrogens is 4. The summed E-state index contributed by atoms with van der Waals surface area (Å²) in [5, 5.41) is 10.1. The van der Waals surface area contributed by atoms with Crippen LogP contribution in [0.5, 0.6) is 5.75 Å². The topological polar surface area (TPSA) is 162 Å². The van der Waals surface area contributed by atoms with Gasteiger partial charge in [-0.25, -0.2) is 34.9 Å². The van der Waals surface area contributed by atoms with Crippen LogP contribution in [0.2, 0.25) is 0 Å². The molecule has 1 aliphatic rings. The van der Waals surface area contributed by atoms with Gasteiger partial charge in [0.2, 0.25) is 0 Å². The first-order valence-corrected chi connectivity index (χ1v) is 14.0. The van der Waals surface area contributed by atoms with Crippen LogP contribution in [0.4, 0.5) is 29.1 Å². The quantitative estimate of drug-likeness (QED) is 0.269. The Morgan fingerprint density at radius 3 is 2.65 bits per heavy atom. The summed E-state index contributed by atoms with van der Waals surface area (Å²) in [6.07, 6.45) is -2.86. The maximum atomic E-state index is 14.9. The molecule has 4 aromatic rings. The van der Waals surface area contributed by atoms with E-state index in [-0.39, 0.29) is 64.8 Å². The third-order valence-electron chi connectivity index (χ3n) is 6.79. The van der Waals surface area contributed by atoms with Crippen molar-refractivity contribution >= 4 is 43.4 Å². The van der Waals surface area contributed by atoms with E-state index in [1.54, 1.807) is 0 Å². The van der Waals surface area contributed by atoms with Crippen LogP contribution in [-0.2, 0) is 10.0 Å². The van der Waals surface area contributed by atoms with E-state index in [1.165, 1.54) is 4.90 Å². The molecule has 0 aliphatic carbocycles. The van der Waals surface area contributed by atoms with Crippen molar-refractivity contribution in [2.24, 2.45) is 5.73 Å². The highest BCUT2D eigenvalue weighted by atomic mass is 32.2. The number of piperidine rings is 1. The molecule has 17 heteroatoms. The van der Waals surface area contributed by atoms with E-state index in [0.29, 0.717) is 0 Å². The number of aliphatic hydroxyl groups is 1. The number of nitrogens with zero attached hydrogens (tertiary/aromatic N) is 5. The van der Waals surface area contributed by atoms with Crippen LogP contribution in [0.25, 0.3) is 21.6 Å². The SMILES string of the molecule is COc1cc(F)c(-c2cc(S(=O)(=O)n3cnc4c(N)nsc43)c(N3CCC[C@](N)([C@H](O)C(F)F)C3)cn2)cc1F. The van der Waals surface area contributed by atoms with E-state index in [2.05, 4.69) is 14.3 Å². The van der Waals surface area contributed by atoms with Crippen molar-refractivity contribution in [3.05, 3.63) is 42.4 Å². The summed E-state index contributed by atoms with van der Waals surface area (Å²) in [7, 11) is -3.37. The summed E-state index contributed by atoms with van der Waals surface area (Å²) in [5.41, 5.74) is 9.71. The Morgan fingerprint density at radius 2 is 1.95 bits per heavy atom. The van der Waals surface area contributed by atoms with E-state index in [4.69, 9.17) is 16.2 Å². The summed E-state index contributed by atoms with van der Waals surface area (Å²) < 4.78 is 93.8. The Labute approximate surface area is 229 Å². The number of alkyl halides is 2. The number of hydrogen-bond acceptors (Lipinski definition) is 11. The van der Waals surface area contributed by atoms with Gasteiger partial charge in [-0.2, -0.15) is 4.37 Å². The standard InChI is InChI=1S/C23H23F4N7O4S2/c1-38-16-6-12(24)11(5-13(16)25)14-7-17(40(36,37)34-10-31-18-21(28)32-39-22(18)34)15(8-30-14)33-4-2-3-23(29,9-33)19(35)20(26)27/h5-8,10,19-20,35H,2-4,9,29H2,1H3,(H2,28,32)/t19-,23-/m1/s1. The summed E-state index contributed by atoms with van der Waals surface area (Å²) >= 11 is 0.783. The number of halogens is 4. The summed E-state index contributed by atoms with van der Waals surface area (Å²) in [4.78, 5) is 9.29. The number of rotatable bonds is 7. The maximum Gasteiger partial charge on any atom is 0.272 e. The van der Waals surface area contributed by atoms with Crippen molar-refractivity contribution in [3.8, 4) is 17.0 Å². The van der Waals surface area contributed by atoms with Crippen LogP contribution in [0.1, 0.15) is 12.8 Å². The lowest BCUT2D eigenvalue weighted by atomic mass is 9.84. The minimum atomic E-state index is -4.53. The second kappa shape index (κ2) is 10.1. The fraction of sp³-hybridized carbons (Fsp3) is 0.348. The van der Waals surface area contributed by atoms with Gasteiger partial charge in [0.25, 0.3) is 16.4 Å². The molecule has 1 saturated heterocycles. The van der Waals surface area contributed by atoms with Crippen molar-refractivity contribution in [1.82, 2.24) is 18.3 Å². The molecule has 11 nitrogen and oxygen atoms in total. The summed E-state index contributed by atoms with van der Waals surface area (Å²) in [5.74, 6) is -2.18.